The molecule has 1 fully saturated rings. The number of benzene rings is 1. The molecule has 5 heteroatoms. The molecule has 0 bridgehead atoms. The van der Waals surface area contributed by atoms with Crippen molar-refractivity contribution in [2.24, 2.45) is 0 Å². The number of piperazine rings is 1. The molecule has 0 spiro atoms. The average molecular weight is 339 g/mol. The highest BCUT2D eigenvalue weighted by molar-refractivity contribution is 9.10. The summed E-state index contributed by atoms with van der Waals surface area (Å²) >= 11 is 3.44. The molecule has 2 amide bonds. The maximum absolute atomic E-state index is 12.7. The Morgan fingerprint density at radius 1 is 1.30 bits per heavy atom. The molecular weight excluding hydrogens is 320 g/mol. The normalized spacial score (nSPS) is 18.4. The van der Waals surface area contributed by atoms with Crippen LogP contribution in [0.4, 0.5) is 5.69 Å². The molecule has 1 aromatic carbocycles. The van der Waals surface area contributed by atoms with Crippen LogP contribution in [0.5, 0.6) is 0 Å². The number of nitrogens with zero attached hydrogens (tertiary/aromatic N) is 2. The maximum atomic E-state index is 12.7. The largest absolute Gasteiger partial charge is 0.327 e. The molecule has 20 heavy (non-hydrogen) atoms. The highest BCUT2D eigenvalue weighted by atomic mass is 79.9. The summed E-state index contributed by atoms with van der Waals surface area (Å²) in [5.74, 6) is -0.103. The first-order valence-electron chi connectivity index (χ1n) is 6.61. The lowest BCUT2D eigenvalue weighted by molar-refractivity contribution is -0.145. The molecule has 1 aliphatic heterocycles. The van der Waals surface area contributed by atoms with Crippen molar-refractivity contribution in [3.63, 3.8) is 0 Å². The van der Waals surface area contributed by atoms with Gasteiger partial charge in [-0.05, 0) is 38.5 Å². The van der Waals surface area contributed by atoms with E-state index in [2.05, 4.69) is 15.9 Å². The van der Waals surface area contributed by atoms with Crippen LogP contribution in [0.2, 0.25) is 0 Å². The van der Waals surface area contributed by atoms with Gasteiger partial charge in [-0.25, -0.2) is 0 Å². The summed E-state index contributed by atoms with van der Waals surface area (Å²) < 4.78 is 0.942. The predicted octanol–water partition coefficient (Wildman–Crippen LogP) is 2.73. The molecule has 0 saturated carbocycles. The van der Waals surface area contributed by atoms with Crippen molar-refractivity contribution in [3.05, 3.63) is 28.2 Å². The van der Waals surface area contributed by atoms with Gasteiger partial charge < -0.3 is 9.80 Å². The Morgan fingerprint density at radius 3 is 2.55 bits per heavy atom. The third kappa shape index (κ3) is 2.46. The van der Waals surface area contributed by atoms with E-state index in [0.717, 1.165) is 15.7 Å². The fourth-order valence-corrected chi connectivity index (χ4v) is 3.03. The number of anilines is 1. The Labute approximate surface area is 127 Å². The lowest BCUT2D eigenvalue weighted by Crippen LogP contribution is -2.64. The van der Waals surface area contributed by atoms with Gasteiger partial charge in [0.1, 0.15) is 5.54 Å². The number of hydrogen-bond acceptors (Lipinski definition) is 2. The number of amides is 2. The number of hydrogen-bond donors (Lipinski definition) is 0. The number of aryl methyl sites for hydroxylation is 1. The van der Waals surface area contributed by atoms with Crippen molar-refractivity contribution in [1.82, 2.24) is 4.90 Å². The minimum Gasteiger partial charge on any atom is -0.327 e. The van der Waals surface area contributed by atoms with Crippen LogP contribution in [0.15, 0.2) is 22.7 Å². The van der Waals surface area contributed by atoms with Gasteiger partial charge >= 0.3 is 0 Å². The number of carbonyl (C=O) groups is 2. The fourth-order valence-electron chi connectivity index (χ4n) is 2.68. The third-order valence-corrected chi connectivity index (χ3v) is 4.33. The van der Waals surface area contributed by atoms with Gasteiger partial charge in [-0.3, -0.25) is 9.59 Å². The highest BCUT2D eigenvalue weighted by Crippen LogP contribution is 2.31. The quantitative estimate of drug-likeness (QED) is 0.789. The second kappa shape index (κ2) is 5.20. The van der Waals surface area contributed by atoms with E-state index in [4.69, 9.17) is 0 Å². The minimum atomic E-state index is -0.807. The summed E-state index contributed by atoms with van der Waals surface area (Å²) in [6.07, 6.45) is 0. The molecule has 1 saturated heterocycles. The van der Waals surface area contributed by atoms with E-state index in [0.29, 0.717) is 13.1 Å². The summed E-state index contributed by atoms with van der Waals surface area (Å²) in [6.45, 7) is 8.18. The predicted molar refractivity (Wildman–Crippen MR) is 82.7 cm³/mol. The topological polar surface area (TPSA) is 40.6 Å². The van der Waals surface area contributed by atoms with E-state index in [-0.39, 0.29) is 11.8 Å². The van der Waals surface area contributed by atoms with Gasteiger partial charge in [-0.2, -0.15) is 0 Å². The van der Waals surface area contributed by atoms with Gasteiger partial charge in [0, 0.05) is 30.2 Å². The molecule has 0 radical (unpaired) electrons. The van der Waals surface area contributed by atoms with Crippen molar-refractivity contribution in [3.8, 4) is 0 Å². The van der Waals surface area contributed by atoms with E-state index in [1.54, 1.807) is 23.6 Å². The molecule has 108 valence electrons. The van der Waals surface area contributed by atoms with Gasteiger partial charge in [0.25, 0.3) is 5.91 Å². The number of rotatable bonds is 1. The van der Waals surface area contributed by atoms with Crippen molar-refractivity contribution < 1.29 is 9.59 Å². The average Bonchev–Trinajstić information content (AvgIpc) is 2.35. The van der Waals surface area contributed by atoms with Crippen molar-refractivity contribution in [1.29, 1.82) is 0 Å². The van der Waals surface area contributed by atoms with E-state index >= 15 is 0 Å². The van der Waals surface area contributed by atoms with Crippen LogP contribution >= 0.6 is 15.9 Å². The molecule has 0 atom stereocenters. The van der Waals surface area contributed by atoms with Gasteiger partial charge in [-0.1, -0.05) is 22.0 Å². The van der Waals surface area contributed by atoms with Gasteiger partial charge in [0.15, 0.2) is 0 Å². The van der Waals surface area contributed by atoms with Crippen LogP contribution in [0.3, 0.4) is 0 Å². The van der Waals surface area contributed by atoms with Gasteiger partial charge in [0.2, 0.25) is 5.91 Å². The molecule has 4 nitrogen and oxygen atoms in total. The lowest BCUT2D eigenvalue weighted by atomic mass is 9.96. The van der Waals surface area contributed by atoms with Crippen molar-refractivity contribution >= 4 is 33.4 Å². The monoisotopic (exact) mass is 338 g/mol. The lowest BCUT2D eigenvalue weighted by Gasteiger charge is -2.45. The first kappa shape index (κ1) is 15.0. The number of carbonyl (C=O) groups excluding carboxylic acids is 2. The summed E-state index contributed by atoms with van der Waals surface area (Å²) in [7, 11) is 0. The SMILES string of the molecule is CC(=O)N1CCN(c2cc(Br)ccc2C)C(=O)C1(C)C. The van der Waals surface area contributed by atoms with Crippen LogP contribution in [-0.4, -0.2) is 35.3 Å². The first-order valence-corrected chi connectivity index (χ1v) is 7.41. The van der Waals surface area contributed by atoms with E-state index < -0.39 is 5.54 Å². The van der Waals surface area contributed by atoms with Gasteiger partial charge in [-0.15, -0.1) is 0 Å². The Kier molecular flexibility index (Phi) is 3.91. The van der Waals surface area contributed by atoms with Crippen molar-refractivity contribution in [2.45, 2.75) is 33.2 Å². The molecule has 1 heterocycles. The van der Waals surface area contributed by atoms with Crippen molar-refractivity contribution in [2.75, 3.05) is 18.0 Å². The van der Waals surface area contributed by atoms with E-state index in [9.17, 15) is 9.59 Å². The molecule has 0 aromatic heterocycles. The summed E-state index contributed by atoms with van der Waals surface area (Å²) in [6, 6.07) is 5.89. The zero-order valence-corrected chi connectivity index (χ0v) is 13.8. The Hall–Kier alpha value is -1.36. The third-order valence-electron chi connectivity index (χ3n) is 3.83. The molecular formula is C15H19BrN2O2. The minimum absolute atomic E-state index is 0.0415. The Morgan fingerprint density at radius 2 is 1.95 bits per heavy atom. The zero-order valence-electron chi connectivity index (χ0n) is 12.2. The van der Waals surface area contributed by atoms with Crippen LogP contribution in [0.1, 0.15) is 26.3 Å². The van der Waals surface area contributed by atoms with Crippen LogP contribution in [0.25, 0.3) is 0 Å². The zero-order chi connectivity index (χ0) is 15.1. The highest BCUT2D eigenvalue weighted by Gasteiger charge is 2.43. The molecule has 1 aliphatic rings. The standard InChI is InChI=1S/C15H19BrN2O2/c1-10-5-6-12(16)9-13(10)17-7-8-18(11(2)19)15(3,4)14(17)20/h5-6,9H,7-8H2,1-4H3. The summed E-state index contributed by atoms with van der Waals surface area (Å²) in [5, 5.41) is 0. The molecule has 0 N–H and O–H groups in total. The van der Waals surface area contributed by atoms with Crippen LogP contribution < -0.4 is 4.90 Å². The first-order chi connectivity index (χ1) is 9.25. The Balaban J connectivity index is 2.39. The second-order valence-corrected chi connectivity index (χ2v) is 6.53. The summed E-state index contributed by atoms with van der Waals surface area (Å²) in [5.41, 5.74) is 1.15. The maximum Gasteiger partial charge on any atom is 0.252 e. The molecule has 0 aliphatic carbocycles. The summed E-state index contributed by atoms with van der Waals surface area (Å²) in [4.78, 5) is 27.8. The molecule has 1 aromatic rings. The van der Waals surface area contributed by atoms with Crippen LogP contribution in [0, 0.1) is 6.92 Å². The fraction of sp³-hybridized carbons (Fsp3) is 0.467. The number of halogens is 1. The second-order valence-electron chi connectivity index (χ2n) is 5.62. The smallest absolute Gasteiger partial charge is 0.252 e. The molecule has 0 unspecified atom stereocenters. The molecule has 2 rings (SSSR count). The van der Waals surface area contributed by atoms with Gasteiger partial charge in [0.05, 0.1) is 0 Å². The van der Waals surface area contributed by atoms with Crippen LogP contribution in [-0.2, 0) is 9.59 Å². The Bertz CT molecular complexity index is 569. The van der Waals surface area contributed by atoms with E-state index in [1.165, 1.54) is 6.92 Å². The van der Waals surface area contributed by atoms with E-state index in [1.807, 2.05) is 25.1 Å².